The SMILES string of the molecule is Cc1cc(C)nc(Nc2cccc(C(=O)N3CCN(c4nnc(C5CCCCC5)s4)CC3)c2)n1. The fourth-order valence-corrected chi connectivity index (χ4v) is 5.86. The maximum atomic E-state index is 13.2. The first-order valence-corrected chi connectivity index (χ1v) is 12.9. The molecule has 3 aromatic rings. The molecule has 178 valence electrons. The Bertz CT molecular complexity index is 1130. The van der Waals surface area contributed by atoms with Gasteiger partial charge in [-0.25, -0.2) is 9.97 Å². The van der Waals surface area contributed by atoms with Crippen LogP contribution in [0, 0.1) is 13.8 Å². The molecule has 9 heteroatoms. The van der Waals surface area contributed by atoms with Crippen LogP contribution < -0.4 is 10.2 Å². The molecule has 1 aliphatic carbocycles. The van der Waals surface area contributed by atoms with Crippen molar-refractivity contribution in [2.45, 2.75) is 51.9 Å². The Labute approximate surface area is 204 Å². The van der Waals surface area contributed by atoms with Gasteiger partial charge in [-0.2, -0.15) is 0 Å². The van der Waals surface area contributed by atoms with Crippen molar-refractivity contribution >= 4 is 34.0 Å². The number of amides is 1. The summed E-state index contributed by atoms with van der Waals surface area (Å²) in [5, 5.41) is 14.4. The molecule has 8 nitrogen and oxygen atoms in total. The van der Waals surface area contributed by atoms with Gasteiger partial charge < -0.3 is 15.1 Å². The van der Waals surface area contributed by atoms with E-state index in [1.165, 1.54) is 37.1 Å². The van der Waals surface area contributed by atoms with Crippen LogP contribution in [-0.4, -0.2) is 57.2 Å². The molecule has 3 heterocycles. The molecule has 1 aromatic carbocycles. The molecule has 1 saturated heterocycles. The Hall–Kier alpha value is -3.07. The van der Waals surface area contributed by atoms with E-state index in [-0.39, 0.29) is 5.91 Å². The molecule has 2 fully saturated rings. The number of nitrogens with one attached hydrogen (secondary N) is 1. The molecule has 1 amide bonds. The number of carbonyl (C=O) groups excluding carboxylic acids is 1. The summed E-state index contributed by atoms with van der Waals surface area (Å²) in [6, 6.07) is 9.49. The van der Waals surface area contributed by atoms with Gasteiger partial charge in [-0.15, -0.1) is 10.2 Å². The number of nitrogens with zero attached hydrogens (tertiary/aromatic N) is 6. The molecule has 5 rings (SSSR count). The fraction of sp³-hybridized carbons (Fsp3) is 0.480. The van der Waals surface area contributed by atoms with Crippen molar-refractivity contribution in [3.63, 3.8) is 0 Å². The number of hydrogen-bond acceptors (Lipinski definition) is 8. The predicted octanol–water partition coefficient (Wildman–Crippen LogP) is 4.70. The summed E-state index contributed by atoms with van der Waals surface area (Å²) in [5.74, 6) is 1.17. The molecule has 1 N–H and O–H groups in total. The van der Waals surface area contributed by atoms with Gasteiger partial charge in [0.05, 0.1) is 0 Å². The standard InChI is InChI=1S/C25H31N7OS/c1-17-15-18(2)27-24(26-17)28-21-10-6-9-20(16-21)23(33)31-11-13-32(14-12-31)25-30-29-22(34-25)19-7-4-3-5-8-19/h6,9-10,15-16,19H,3-5,7-8,11-14H2,1-2H3,(H,26,27,28). The molecule has 0 radical (unpaired) electrons. The average Bonchev–Trinajstić information content (AvgIpc) is 3.34. The second-order valence-electron chi connectivity index (χ2n) is 9.22. The molecule has 1 aliphatic heterocycles. The third kappa shape index (κ3) is 5.19. The smallest absolute Gasteiger partial charge is 0.254 e. The van der Waals surface area contributed by atoms with E-state index >= 15 is 0 Å². The van der Waals surface area contributed by atoms with Gasteiger partial charge in [0.2, 0.25) is 11.1 Å². The highest BCUT2D eigenvalue weighted by Crippen LogP contribution is 2.36. The van der Waals surface area contributed by atoms with Crippen LogP contribution in [0.1, 0.15) is 64.8 Å². The molecule has 2 aromatic heterocycles. The molecule has 1 saturated carbocycles. The van der Waals surface area contributed by atoms with E-state index in [4.69, 9.17) is 0 Å². The minimum Gasteiger partial charge on any atom is -0.343 e. The van der Waals surface area contributed by atoms with Crippen LogP contribution in [0.3, 0.4) is 0 Å². The van der Waals surface area contributed by atoms with Crippen LogP contribution in [0.25, 0.3) is 0 Å². The highest BCUT2D eigenvalue weighted by Gasteiger charge is 2.26. The van der Waals surface area contributed by atoms with Gasteiger partial charge in [0.15, 0.2) is 0 Å². The summed E-state index contributed by atoms with van der Waals surface area (Å²) in [7, 11) is 0. The zero-order valence-corrected chi connectivity index (χ0v) is 20.6. The lowest BCUT2D eigenvalue weighted by Crippen LogP contribution is -2.48. The lowest BCUT2D eigenvalue weighted by atomic mass is 9.90. The molecule has 34 heavy (non-hydrogen) atoms. The lowest BCUT2D eigenvalue weighted by Gasteiger charge is -2.34. The van der Waals surface area contributed by atoms with Gasteiger partial charge in [0.1, 0.15) is 5.01 Å². The Balaban J connectivity index is 1.20. The van der Waals surface area contributed by atoms with Gasteiger partial charge in [-0.05, 0) is 51.0 Å². The topological polar surface area (TPSA) is 87.1 Å². The van der Waals surface area contributed by atoms with Gasteiger partial charge in [0.25, 0.3) is 5.91 Å². The molecular formula is C25H31N7OS. The summed E-state index contributed by atoms with van der Waals surface area (Å²) in [5.41, 5.74) is 3.28. The zero-order chi connectivity index (χ0) is 23.5. The second-order valence-corrected chi connectivity index (χ2v) is 10.2. The number of aromatic nitrogens is 4. The number of hydrogen-bond donors (Lipinski definition) is 1. The van der Waals surface area contributed by atoms with Gasteiger partial charge >= 0.3 is 0 Å². The largest absolute Gasteiger partial charge is 0.343 e. The molecular weight excluding hydrogens is 446 g/mol. The van der Waals surface area contributed by atoms with E-state index in [0.29, 0.717) is 30.5 Å². The molecule has 0 unspecified atom stereocenters. The van der Waals surface area contributed by atoms with Crippen molar-refractivity contribution in [1.29, 1.82) is 0 Å². The maximum absolute atomic E-state index is 13.2. The molecule has 0 bridgehead atoms. The third-order valence-electron chi connectivity index (χ3n) is 6.57. The summed E-state index contributed by atoms with van der Waals surface area (Å²) < 4.78 is 0. The first kappa shape index (κ1) is 22.7. The zero-order valence-electron chi connectivity index (χ0n) is 19.8. The lowest BCUT2D eigenvalue weighted by molar-refractivity contribution is 0.0747. The summed E-state index contributed by atoms with van der Waals surface area (Å²) in [6.45, 7) is 6.79. The number of benzene rings is 1. The summed E-state index contributed by atoms with van der Waals surface area (Å²) in [6.07, 6.45) is 6.42. The fourth-order valence-electron chi connectivity index (χ4n) is 4.79. The number of aryl methyl sites for hydroxylation is 2. The Morgan fingerprint density at radius 3 is 2.44 bits per heavy atom. The number of carbonyl (C=O) groups is 1. The molecule has 0 atom stereocenters. The highest BCUT2D eigenvalue weighted by atomic mass is 32.1. The normalized spacial score (nSPS) is 17.1. The van der Waals surface area contributed by atoms with Crippen LogP contribution in [0.2, 0.25) is 0 Å². The first-order valence-electron chi connectivity index (χ1n) is 12.1. The molecule has 0 spiro atoms. The first-order chi connectivity index (χ1) is 16.5. The van der Waals surface area contributed by atoms with Crippen molar-refractivity contribution in [1.82, 2.24) is 25.1 Å². The average molecular weight is 478 g/mol. The van der Waals surface area contributed by atoms with E-state index in [9.17, 15) is 4.79 Å². The van der Waals surface area contributed by atoms with E-state index < -0.39 is 0 Å². The second kappa shape index (κ2) is 10.0. The van der Waals surface area contributed by atoms with Crippen molar-refractivity contribution in [2.24, 2.45) is 0 Å². The Morgan fingerprint density at radius 1 is 0.971 bits per heavy atom. The Kier molecular flexibility index (Phi) is 6.71. The minimum atomic E-state index is 0.0461. The van der Waals surface area contributed by atoms with Crippen molar-refractivity contribution in [2.75, 3.05) is 36.4 Å². The van der Waals surface area contributed by atoms with Crippen LogP contribution in [-0.2, 0) is 0 Å². The van der Waals surface area contributed by atoms with Crippen molar-refractivity contribution < 1.29 is 4.79 Å². The monoisotopic (exact) mass is 477 g/mol. The van der Waals surface area contributed by atoms with E-state index in [0.717, 1.165) is 35.3 Å². The minimum absolute atomic E-state index is 0.0461. The van der Waals surface area contributed by atoms with E-state index in [1.54, 1.807) is 11.3 Å². The third-order valence-corrected chi connectivity index (χ3v) is 7.72. The van der Waals surface area contributed by atoms with Crippen LogP contribution in [0.5, 0.6) is 0 Å². The quantitative estimate of drug-likeness (QED) is 0.570. The van der Waals surface area contributed by atoms with Crippen molar-refractivity contribution in [3.8, 4) is 0 Å². The molecule has 2 aliphatic rings. The number of piperazine rings is 1. The van der Waals surface area contributed by atoms with Gasteiger partial charge in [-0.3, -0.25) is 4.79 Å². The van der Waals surface area contributed by atoms with E-state index in [2.05, 4.69) is 30.4 Å². The Morgan fingerprint density at radius 2 is 1.71 bits per heavy atom. The predicted molar refractivity (Wildman–Crippen MR) is 135 cm³/mol. The number of anilines is 3. The van der Waals surface area contributed by atoms with Gasteiger partial charge in [0, 0.05) is 54.7 Å². The van der Waals surface area contributed by atoms with Crippen molar-refractivity contribution in [3.05, 3.63) is 52.3 Å². The van der Waals surface area contributed by atoms with E-state index in [1.807, 2.05) is 49.1 Å². The van der Waals surface area contributed by atoms with Crippen LogP contribution in [0.15, 0.2) is 30.3 Å². The summed E-state index contributed by atoms with van der Waals surface area (Å²) in [4.78, 5) is 26.2. The highest BCUT2D eigenvalue weighted by molar-refractivity contribution is 7.15. The summed E-state index contributed by atoms with van der Waals surface area (Å²) >= 11 is 1.74. The van der Waals surface area contributed by atoms with Crippen LogP contribution in [0.4, 0.5) is 16.8 Å². The van der Waals surface area contributed by atoms with Gasteiger partial charge in [-0.1, -0.05) is 36.7 Å². The van der Waals surface area contributed by atoms with Crippen LogP contribution >= 0.6 is 11.3 Å². The maximum Gasteiger partial charge on any atom is 0.254 e. The number of rotatable bonds is 5.